The van der Waals surface area contributed by atoms with E-state index in [2.05, 4.69) is 15.9 Å². The minimum Gasteiger partial charge on any atom is -0.420 e. The van der Waals surface area contributed by atoms with Crippen LogP contribution in [0.25, 0.3) is 11.0 Å². The Kier molecular flexibility index (Phi) is 2.99. The van der Waals surface area contributed by atoms with Gasteiger partial charge in [-0.1, -0.05) is 34.8 Å². The van der Waals surface area contributed by atoms with E-state index >= 15 is 0 Å². The summed E-state index contributed by atoms with van der Waals surface area (Å²) < 4.78 is 5.12. The van der Waals surface area contributed by atoms with Crippen molar-refractivity contribution >= 4 is 61.7 Å². The zero-order chi connectivity index (χ0) is 11.2. The molecule has 2 nitrogen and oxygen atoms in total. The lowest BCUT2D eigenvalue weighted by molar-refractivity contribution is 0.557. The van der Waals surface area contributed by atoms with Crippen LogP contribution in [0.4, 0.5) is 0 Å². The highest BCUT2D eigenvalue weighted by molar-refractivity contribution is 9.10. The Hall–Kier alpha value is -0.220. The largest absolute Gasteiger partial charge is 0.420 e. The SMILES string of the molecule is O=c1oc2c(Cl)ccc(Cl)c2c(Cl)c1Br. The van der Waals surface area contributed by atoms with E-state index in [0.717, 1.165) is 0 Å². The van der Waals surface area contributed by atoms with E-state index in [1.165, 1.54) is 0 Å². The first-order valence-corrected chi connectivity index (χ1v) is 5.71. The van der Waals surface area contributed by atoms with Crippen LogP contribution in [-0.2, 0) is 0 Å². The monoisotopic (exact) mass is 326 g/mol. The molecule has 2 rings (SSSR count). The average Bonchev–Trinajstić information content (AvgIpc) is 2.20. The molecule has 0 bridgehead atoms. The van der Waals surface area contributed by atoms with E-state index in [-0.39, 0.29) is 15.1 Å². The molecule has 78 valence electrons. The molecule has 1 heterocycles. The maximum Gasteiger partial charge on any atom is 0.352 e. The molecule has 0 aliphatic carbocycles. The van der Waals surface area contributed by atoms with E-state index < -0.39 is 5.63 Å². The average molecular weight is 328 g/mol. The van der Waals surface area contributed by atoms with Gasteiger partial charge in [0, 0.05) is 0 Å². The molecular weight excluding hydrogens is 326 g/mol. The predicted molar refractivity (Wildman–Crippen MR) is 65.2 cm³/mol. The van der Waals surface area contributed by atoms with Gasteiger partial charge in [0.05, 0.1) is 20.5 Å². The zero-order valence-electron chi connectivity index (χ0n) is 6.98. The standard InChI is InChI=1S/C9H2BrCl3O2/c10-6-7(13)5-3(11)1-2-4(12)8(5)15-9(6)14/h1-2H. The summed E-state index contributed by atoms with van der Waals surface area (Å²) in [5.41, 5.74) is -0.390. The molecular formula is C9H2BrCl3O2. The first kappa shape index (κ1) is 11.3. The summed E-state index contributed by atoms with van der Waals surface area (Å²) in [6.45, 7) is 0. The second kappa shape index (κ2) is 3.98. The maximum absolute atomic E-state index is 11.3. The highest BCUT2D eigenvalue weighted by atomic mass is 79.9. The fourth-order valence-corrected chi connectivity index (χ4v) is 2.21. The highest BCUT2D eigenvalue weighted by Crippen LogP contribution is 2.36. The lowest BCUT2D eigenvalue weighted by Gasteiger charge is -2.04. The third-order valence-electron chi connectivity index (χ3n) is 1.84. The van der Waals surface area contributed by atoms with Crippen molar-refractivity contribution in [2.75, 3.05) is 0 Å². The van der Waals surface area contributed by atoms with Crippen LogP contribution < -0.4 is 5.63 Å². The van der Waals surface area contributed by atoms with Gasteiger partial charge in [0.15, 0.2) is 5.58 Å². The number of rotatable bonds is 0. The van der Waals surface area contributed by atoms with Crippen LogP contribution >= 0.6 is 50.7 Å². The van der Waals surface area contributed by atoms with Gasteiger partial charge in [-0.05, 0) is 28.1 Å². The summed E-state index contributed by atoms with van der Waals surface area (Å²) in [5, 5.41) is 1.30. The first-order valence-electron chi connectivity index (χ1n) is 3.78. The molecule has 0 fully saturated rings. The number of hydrogen-bond acceptors (Lipinski definition) is 2. The van der Waals surface area contributed by atoms with Crippen molar-refractivity contribution in [2.45, 2.75) is 0 Å². The molecule has 0 unspecified atom stereocenters. The molecule has 0 saturated heterocycles. The number of hydrogen-bond donors (Lipinski definition) is 0. The third-order valence-corrected chi connectivity index (χ3v) is 3.78. The Morgan fingerprint density at radius 1 is 1.13 bits per heavy atom. The summed E-state index contributed by atoms with van der Waals surface area (Å²) in [7, 11) is 0. The second-order valence-electron chi connectivity index (χ2n) is 2.75. The van der Waals surface area contributed by atoms with Gasteiger partial charge in [0.1, 0.15) is 4.47 Å². The Balaban J connectivity index is 3.11. The van der Waals surface area contributed by atoms with Gasteiger partial charge in [-0.2, -0.15) is 0 Å². The van der Waals surface area contributed by atoms with Crippen molar-refractivity contribution < 1.29 is 4.42 Å². The van der Waals surface area contributed by atoms with Crippen molar-refractivity contribution in [3.05, 3.63) is 42.1 Å². The Bertz CT molecular complexity index is 606. The normalized spacial score (nSPS) is 10.9. The molecule has 0 aliphatic rings. The van der Waals surface area contributed by atoms with Gasteiger partial charge in [0.2, 0.25) is 0 Å². The summed E-state index contributed by atoms with van der Waals surface area (Å²) in [6.07, 6.45) is 0. The van der Waals surface area contributed by atoms with Gasteiger partial charge in [0.25, 0.3) is 0 Å². The minimum absolute atomic E-state index is 0.140. The molecule has 0 amide bonds. The molecule has 15 heavy (non-hydrogen) atoms. The molecule has 0 aliphatic heterocycles. The summed E-state index contributed by atoms with van der Waals surface area (Å²) in [5.74, 6) is 0. The number of benzene rings is 1. The molecule has 6 heteroatoms. The number of fused-ring (bicyclic) bond motifs is 1. The smallest absolute Gasteiger partial charge is 0.352 e. The molecule has 0 atom stereocenters. The summed E-state index contributed by atoms with van der Waals surface area (Å²) in [4.78, 5) is 11.3. The molecule has 2 aromatic rings. The predicted octanol–water partition coefficient (Wildman–Crippen LogP) is 4.52. The first-order chi connectivity index (χ1) is 7.02. The van der Waals surface area contributed by atoms with E-state index in [1.807, 2.05) is 0 Å². The van der Waals surface area contributed by atoms with E-state index in [0.29, 0.717) is 15.4 Å². The van der Waals surface area contributed by atoms with Crippen LogP contribution in [0, 0.1) is 0 Å². The second-order valence-corrected chi connectivity index (χ2v) is 4.74. The zero-order valence-corrected chi connectivity index (χ0v) is 10.8. The van der Waals surface area contributed by atoms with Gasteiger partial charge in [-0.3, -0.25) is 0 Å². The van der Waals surface area contributed by atoms with Crippen molar-refractivity contribution in [2.24, 2.45) is 0 Å². The lowest BCUT2D eigenvalue weighted by atomic mass is 10.2. The quantitative estimate of drug-likeness (QED) is 0.666. The topological polar surface area (TPSA) is 30.2 Å². The maximum atomic E-state index is 11.3. The highest BCUT2D eigenvalue weighted by Gasteiger charge is 2.15. The van der Waals surface area contributed by atoms with Crippen LogP contribution in [0.1, 0.15) is 0 Å². The Morgan fingerprint density at radius 3 is 2.40 bits per heavy atom. The van der Waals surface area contributed by atoms with Gasteiger partial charge in [-0.25, -0.2) is 4.79 Å². The fourth-order valence-electron chi connectivity index (χ4n) is 1.17. The molecule has 1 aromatic heterocycles. The van der Waals surface area contributed by atoms with Crippen LogP contribution in [0.3, 0.4) is 0 Å². The third kappa shape index (κ3) is 1.78. The molecule has 0 radical (unpaired) electrons. The van der Waals surface area contributed by atoms with E-state index in [4.69, 9.17) is 39.2 Å². The Labute approximate surface area is 108 Å². The molecule has 1 aromatic carbocycles. The summed E-state index contributed by atoms with van der Waals surface area (Å²) >= 11 is 20.8. The number of halogens is 4. The van der Waals surface area contributed by atoms with Crippen LogP contribution in [0.2, 0.25) is 15.1 Å². The van der Waals surface area contributed by atoms with Gasteiger partial charge < -0.3 is 4.42 Å². The van der Waals surface area contributed by atoms with E-state index in [9.17, 15) is 4.79 Å². The molecule has 0 spiro atoms. The van der Waals surface area contributed by atoms with Crippen molar-refractivity contribution in [3.63, 3.8) is 0 Å². The van der Waals surface area contributed by atoms with Gasteiger partial charge in [-0.15, -0.1) is 0 Å². The van der Waals surface area contributed by atoms with Gasteiger partial charge >= 0.3 is 5.63 Å². The van der Waals surface area contributed by atoms with Crippen LogP contribution in [0.15, 0.2) is 25.8 Å². The van der Waals surface area contributed by atoms with Crippen LogP contribution in [0.5, 0.6) is 0 Å². The van der Waals surface area contributed by atoms with E-state index in [1.54, 1.807) is 12.1 Å². The Morgan fingerprint density at radius 2 is 1.73 bits per heavy atom. The molecule has 0 N–H and O–H groups in total. The summed E-state index contributed by atoms with van der Waals surface area (Å²) in [6, 6.07) is 3.13. The fraction of sp³-hybridized carbons (Fsp3) is 0. The van der Waals surface area contributed by atoms with Crippen molar-refractivity contribution in [3.8, 4) is 0 Å². The van der Waals surface area contributed by atoms with Crippen LogP contribution in [-0.4, -0.2) is 0 Å². The van der Waals surface area contributed by atoms with Crippen molar-refractivity contribution in [1.82, 2.24) is 0 Å². The molecule has 0 saturated carbocycles. The minimum atomic E-state index is -0.586. The lowest BCUT2D eigenvalue weighted by Crippen LogP contribution is -2.00. The van der Waals surface area contributed by atoms with Crippen molar-refractivity contribution in [1.29, 1.82) is 0 Å².